The molecule has 1 aromatic carbocycles. The molecule has 1 amide bonds. The number of hydrogen-bond donors (Lipinski definition) is 3. The molecule has 4 aromatic rings. The zero-order valence-corrected chi connectivity index (χ0v) is 41.3. The molecule has 0 spiro atoms. The van der Waals surface area contributed by atoms with Crippen LogP contribution in [0.15, 0.2) is 79.5 Å². The summed E-state index contributed by atoms with van der Waals surface area (Å²) in [7, 11) is 0. The average molecular weight is 1060 g/mol. The summed E-state index contributed by atoms with van der Waals surface area (Å²) in [5.74, 6) is 67.7. The third kappa shape index (κ3) is 19.4. The molecule has 7 rings (SSSR count). The molecule has 2 aliphatic heterocycles. The van der Waals surface area contributed by atoms with E-state index < -0.39 is 5.02 Å². The third-order valence-corrected chi connectivity index (χ3v) is 9.40. The van der Waals surface area contributed by atoms with Gasteiger partial charge in [0.15, 0.2) is 11.6 Å². The Bertz CT molecular complexity index is 3900. The molecule has 0 unspecified atom stereocenters. The summed E-state index contributed by atoms with van der Waals surface area (Å²) in [5, 5.41) is 51.1. The maximum absolute atomic E-state index is 13.6. The fourth-order valence-corrected chi connectivity index (χ4v) is 6.10. The van der Waals surface area contributed by atoms with Gasteiger partial charge in [-0.3, -0.25) is 10.1 Å². The normalized spacial score (nSPS) is 13.7. The summed E-state index contributed by atoms with van der Waals surface area (Å²) in [6.45, 7) is 8.25. The highest BCUT2D eigenvalue weighted by Gasteiger charge is 2.29. The molecule has 24 heteroatoms. The van der Waals surface area contributed by atoms with Crippen molar-refractivity contribution in [2.45, 2.75) is 51.7 Å². The number of imidazole rings is 1. The highest BCUT2D eigenvalue weighted by atomic mass is 17.2. The molecule has 3 aromatic heterocycles. The van der Waals surface area contributed by atoms with Crippen molar-refractivity contribution >= 4 is 17.3 Å². The SMILES string of the molecule is C#CC#CC#CC#CC#CC#CC#CC#CC#CC#CC#CC#CC#CC.C[C@@H]1CN(c2cnc(C(=O)Nc3cccc4c3OC[C@@H](C)n3nnnc3-4)cc2-n2cnc(C3CC3)c2)CCO1.NN=NN=NN=NN=[N+]([O-])OO.[HH].[HH].[HH].[HH].[HH].[HH].[HH].[HH].[HH].[HH].[HH].[HH]. The van der Waals surface area contributed by atoms with Crippen molar-refractivity contribution in [3.8, 4) is 177 Å². The summed E-state index contributed by atoms with van der Waals surface area (Å²) < 4.78 is 15.6. The lowest BCUT2D eigenvalue weighted by Gasteiger charge is -2.34. The number of nitrogens with one attached hydrogen (secondary N) is 1. The Morgan fingerprint density at radius 2 is 1.46 bits per heavy atom. The van der Waals surface area contributed by atoms with Crippen LogP contribution >= 0.6 is 0 Å². The smallest absolute Gasteiger partial charge is 0.274 e. The standard InChI is InChI=1S/C27H29N9O3.C27H4.H3N9O3.12H2/c1-16-14-39-25-19(26-31-32-33-36(16)26)4-3-5-20(25)30-27(37)21-10-23(35-13-22(29-15-35)18-6-7-18)24(11-28-21)34-8-9-38-17(2)12-34;1-3-5-7-9-11-13-15-17-19-21-23-25-27-26-24-22-20-18-16-14-12-10-8-6-4-2;1-2-3-4-5-6-7-8-9(10)12-11;;;;;;;;;;;;/h3-5,10-11,13,15-18H,6-9,12,14H2,1-2H3,(H,30,37);1H,2H3;11H,(H2,1,3,5,7);12*1H/t16-,17-;;;;;;;;;;;;;;/m1............../s1. The zero-order valence-electron chi connectivity index (χ0n) is 41.3. The van der Waals surface area contributed by atoms with Gasteiger partial charge in [-0.25, -0.2) is 14.6 Å². The van der Waals surface area contributed by atoms with Gasteiger partial charge in [0.05, 0.1) is 64.6 Å². The molecule has 24 nitrogen and oxygen atoms in total. The summed E-state index contributed by atoms with van der Waals surface area (Å²) in [5.41, 5.74) is 4.44. The first-order chi connectivity index (χ1) is 38.3. The first-order valence-electron chi connectivity index (χ1n) is 22.3. The average Bonchev–Trinajstić information content (AvgIpc) is 1.65. The predicted octanol–water partition coefficient (Wildman–Crippen LogP) is 7.19. The monoisotopic (exact) mass is 1060 g/mol. The van der Waals surface area contributed by atoms with Gasteiger partial charge in [-0.15, -0.1) is 11.5 Å². The van der Waals surface area contributed by atoms with Crippen molar-refractivity contribution in [1.82, 2.24) is 34.7 Å². The molecule has 1 saturated carbocycles. The van der Waals surface area contributed by atoms with Crippen LogP contribution in [0.5, 0.6) is 5.75 Å². The quantitative estimate of drug-likeness (QED) is 0.0492. The minimum atomic E-state index is -0.622. The summed E-state index contributed by atoms with van der Waals surface area (Å²) in [6.07, 6.45) is 13.0. The van der Waals surface area contributed by atoms with E-state index in [0.717, 1.165) is 35.7 Å². The van der Waals surface area contributed by atoms with E-state index in [1.807, 2.05) is 42.1 Å². The number of terminal acetylenes is 1. The Morgan fingerprint density at radius 3 is 2.04 bits per heavy atom. The second kappa shape index (κ2) is 32.6. The number of nitrogens with zero attached hydrogens (tertiary/aromatic N) is 16. The van der Waals surface area contributed by atoms with E-state index in [4.69, 9.17) is 21.2 Å². The number of aromatic nitrogens is 7. The van der Waals surface area contributed by atoms with Gasteiger partial charge in [-0.1, -0.05) is 17.2 Å². The van der Waals surface area contributed by atoms with Crippen molar-refractivity contribution in [2.75, 3.05) is 36.5 Å². The maximum Gasteiger partial charge on any atom is 0.274 e. The lowest BCUT2D eigenvalue weighted by molar-refractivity contribution is -0.873. The van der Waals surface area contributed by atoms with Crippen LogP contribution in [0.2, 0.25) is 0 Å². The van der Waals surface area contributed by atoms with Crippen LogP contribution in [0.4, 0.5) is 11.4 Å². The van der Waals surface area contributed by atoms with Gasteiger partial charge in [0.1, 0.15) is 17.5 Å². The number of carbonyl (C=O) groups excluding carboxylic acids is 1. The van der Waals surface area contributed by atoms with Gasteiger partial charge in [0.25, 0.3) is 5.91 Å². The molecule has 78 heavy (non-hydrogen) atoms. The second-order valence-corrected chi connectivity index (χ2v) is 14.7. The fraction of sp³-hybridized carbons (Fsp3) is 0.222. The molecule has 3 aliphatic rings. The Morgan fingerprint density at radius 1 is 0.859 bits per heavy atom. The molecule has 2 atom stereocenters. The summed E-state index contributed by atoms with van der Waals surface area (Å²) in [4.78, 5) is 28.0. The molecule has 0 radical (unpaired) electrons. The highest BCUT2D eigenvalue weighted by molar-refractivity contribution is 6.05. The number of hydrogen-bond acceptors (Lipinski definition) is 13. The summed E-state index contributed by atoms with van der Waals surface area (Å²) >= 11 is 0. The highest BCUT2D eigenvalue weighted by Crippen LogP contribution is 2.40. The molecular weight excluding hydrogens is 997 g/mol. The minimum Gasteiger partial charge on any atom is -0.488 e. The van der Waals surface area contributed by atoms with Crippen LogP contribution in [-0.4, -0.2) is 83.3 Å². The fourth-order valence-electron chi connectivity index (χ4n) is 6.10. The van der Waals surface area contributed by atoms with E-state index >= 15 is 0 Å². The van der Waals surface area contributed by atoms with Crippen molar-refractivity contribution < 1.29 is 46.7 Å². The van der Waals surface area contributed by atoms with E-state index in [2.05, 4.69) is 244 Å². The van der Waals surface area contributed by atoms with Crippen LogP contribution in [-0.2, 0) is 9.73 Å². The Labute approximate surface area is 465 Å². The number of anilines is 2. The molecule has 0 bridgehead atoms. The number of tetrazole rings is 1. The number of rotatable bonds is 9. The van der Waals surface area contributed by atoms with Crippen LogP contribution in [0.3, 0.4) is 0 Å². The minimum absolute atomic E-state index is 0. The van der Waals surface area contributed by atoms with E-state index in [-0.39, 0.29) is 35.2 Å². The topological polar surface area (TPSA) is 293 Å². The summed E-state index contributed by atoms with van der Waals surface area (Å²) in [6, 6.07) is 7.31. The molecule has 5 heterocycles. The van der Waals surface area contributed by atoms with Gasteiger partial charge < -0.3 is 40.3 Å². The van der Waals surface area contributed by atoms with Crippen molar-refractivity contribution in [2.24, 2.45) is 42.4 Å². The van der Waals surface area contributed by atoms with Gasteiger partial charge in [0.2, 0.25) is 10.4 Å². The van der Waals surface area contributed by atoms with Gasteiger partial charge >= 0.3 is 0 Å². The molecular formula is C54H60N18O6. The number of carbonyl (C=O) groups is 1. The van der Waals surface area contributed by atoms with E-state index in [1.165, 1.54) is 12.8 Å². The Balaban J connectivity index is -0.000000196. The number of morpholine rings is 1. The van der Waals surface area contributed by atoms with Crippen molar-refractivity contribution in [3.63, 3.8) is 0 Å². The molecule has 4 N–H and O–H groups in total. The lowest BCUT2D eigenvalue weighted by Crippen LogP contribution is -2.41. The maximum atomic E-state index is 13.6. The number of amides is 1. The molecule has 2 fully saturated rings. The van der Waals surface area contributed by atoms with Gasteiger partial charge in [0, 0.05) is 100 Å². The first kappa shape index (κ1) is 56.6. The molecule has 1 saturated heterocycles. The first-order valence-corrected chi connectivity index (χ1v) is 22.3. The number of fused-ring (bicyclic) bond motifs is 3. The van der Waals surface area contributed by atoms with E-state index in [0.29, 0.717) is 42.1 Å². The van der Waals surface area contributed by atoms with Gasteiger partial charge in [-0.2, -0.15) is 0 Å². The largest absolute Gasteiger partial charge is 0.488 e. The number of pyridine rings is 1. The van der Waals surface area contributed by atoms with Crippen LogP contribution in [0, 0.1) is 160 Å². The second-order valence-electron chi connectivity index (χ2n) is 14.7. The number of para-hydroxylation sites is 1. The zero-order chi connectivity index (χ0) is 55.4. The van der Waals surface area contributed by atoms with E-state index in [9.17, 15) is 10.0 Å². The lowest BCUT2D eigenvalue weighted by atomic mass is 10.1. The van der Waals surface area contributed by atoms with E-state index in [1.54, 1.807) is 17.8 Å². The van der Waals surface area contributed by atoms with Crippen LogP contribution in [0.1, 0.15) is 78.9 Å². The van der Waals surface area contributed by atoms with Crippen molar-refractivity contribution in [1.29, 1.82) is 0 Å². The number of ether oxygens (including phenoxy) is 2. The Kier molecular flexibility index (Phi) is 23.7. The van der Waals surface area contributed by atoms with Crippen molar-refractivity contribution in [3.05, 3.63) is 59.6 Å². The van der Waals surface area contributed by atoms with Crippen LogP contribution in [0.25, 0.3) is 17.1 Å². The third-order valence-electron chi connectivity index (χ3n) is 9.40. The number of benzene rings is 1. The molecule has 1 aliphatic carbocycles. The predicted molar refractivity (Wildman–Crippen MR) is 304 cm³/mol. The molecule has 402 valence electrons. The van der Waals surface area contributed by atoms with Crippen LogP contribution < -0.4 is 20.8 Å². The Hall–Kier alpha value is -12.3. The van der Waals surface area contributed by atoms with Gasteiger partial charge in [-0.05, 0) is 162 Å². The number of nitrogens with two attached hydrogens (primary N) is 1.